The summed E-state index contributed by atoms with van der Waals surface area (Å²) in [6.07, 6.45) is 3.59. The van der Waals surface area contributed by atoms with Crippen molar-refractivity contribution in [2.75, 3.05) is 18.1 Å². The number of hydrogen-bond donors (Lipinski definition) is 2. The maximum absolute atomic E-state index is 12.0. The molecule has 0 radical (unpaired) electrons. The minimum Gasteiger partial charge on any atom is -0.309 e. The van der Waals surface area contributed by atoms with Crippen molar-refractivity contribution in [3.05, 3.63) is 24.3 Å². The second-order valence-electron chi connectivity index (χ2n) is 5.96. The molecule has 0 bridgehead atoms. The number of nitrogens with zero attached hydrogens (tertiary/aromatic N) is 2. The lowest BCUT2D eigenvalue weighted by atomic mass is 10.2. The summed E-state index contributed by atoms with van der Waals surface area (Å²) >= 11 is 0. The average molecular weight is 336 g/mol. The van der Waals surface area contributed by atoms with Crippen LogP contribution in [0.1, 0.15) is 19.3 Å². The van der Waals surface area contributed by atoms with Crippen LogP contribution in [0.2, 0.25) is 0 Å². The van der Waals surface area contributed by atoms with Gasteiger partial charge in [0.2, 0.25) is 15.9 Å². The first-order valence-electron chi connectivity index (χ1n) is 7.62. The zero-order chi connectivity index (χ0) is 16.4. The van der Waals surface area contributed by atoms with Gasteiger partial charge in [-0.05, 0) is 30.9 Å². The molecule has 2 N–H and O–H groups in total. The number of fused-ring (bicyclic) bond motifs is 1. The number of nitrogens with one attached hydrogen (secondary N) is 2. The number of amides is 1. The van der Waals surface area contributed by atoms with Crippen LogP contribution in [0.4, 0.5) is 5.82 Å². The molecule has 0 atom stereocenters. The van der Waals surface area contributed by atoms with E-state index in [2.05, 4.69) is 15.1 Å². The highest BCUT2D eigenvalue weighted by atomic mass is 32.2. The van der Waals surface area contributed by atoms with E-state index in [1.54, 1.807) is 0 Å². The highest BCUT2D eigenvalue weighted by Gasteiger charge is 2.23. The number of hydrogen-bond acceptors (Lipinski definition) is 4. The maximum atomic E-state index is 12.0. The van der Waals surface area contributed by atoms with Crippen molar-refractivity contribution < 1.29 is 13.2 Å². The van der Waals surface area contributed by atoms with Crippen LogP contribution in [-0.4, -0.2) is 36.9 Å². The Morgan fingerprint density at radius 1 is 1.35 bits per heavy atom. The largest absolute Gasteiger partial charge is 0.309 e. The highest BCUT2D eigenvalue weighted by molar-refractivity contribution is 7.88. The molecule has 7 nitrogen and oxygen atoms in total. The zero-order valence-corrected chi connectivity index (χ0v) is 13.8. The molecular weight excluding hydrogens is 316 g/mol. The van der Waals surface area contributed by atoms with E-state index in [0.29, 0.717) is 11.7 Å². The third-order valence-electron chi connectivity index (χ3n) is 3.76. The quantitative estimate of drug-likeness (QED) is 0.797. The van der Waals surface area contributed by atoms with E-state index < -0.39 is 10.0 Å². The van der Waals surface area contributed by atoms with Gasteiger partial charge in [0.05, 0.1) is 11.8 Å². The third kappa shape index (κ3) is 4.29. The SMILES string of the molecule is CS(=O)(=O)NCCC(=O)Nc1nn(CC2CC2)c2ccccc12. The number of carbonyl (C=O) groups is 1. The number of sulfonamides is 1. The van der Waals surface area contributed by atoms with Gasteiger partial charge in [0, 0.05) is 24.9 Å². The second kappa shape index (κ2) is 6.29. The van der Waals surface area contributed by atoms with E-state index in [4.69, 9.17) is 0 Å². The second-order valence-corrected chi connectivity index (χ2v) is 7.79. The van der Waals surface area contributed by atoms with Crippen LogP contribution in [-0.2, 0) is 21.4 Å². The Bertz CT molecular complexity index is 824. The first kappa shape index (κ1) is 15.9. The summed E-state index contributed by atoms with van der Waals surface area (Å²) in [5, 5.41) is 8.19. The van der Waals surface area contributed by atoms with Crippen molar-refractivity contribution in [1.82, 2.24) is 14.5 Å². The smallest absolute Gasteiger partial charge is 0.226 e. The lowest BCUT2D eigenvalue weighted by Gasteiger charge is -2.03. The molecular formula is C15H20N4O3S. The molecule has 23 heavy (non-hydrogen) atoms. The Hall–Kier alpha value is -1.93. The molecule has 1 aliphatic carbocycles. The highest BCUT2D eigenvalue weighted by Crippen LogP contribution is 2.32. The van der Waals surface area contributed by atoms with Crippen molar-refractivity contribution >= 4 is 32.7 Å². The van der Waals surface area contributed by atoms with Crippen LogP contribution in [0, 0.1) is 5.92 Å². The molecule has 3 rings (SSSR count). The van der Waals surface area contributed by atoms with Gasteiger partial charge in [-0.2, -0.15) is 5.10 Å². The minimum atomic E-state index is -3.28. The van der Waals surface area contributed by atoms with Gasteiger partial charge >= 0.3 is 0 Å². The van der Waals surface area contributed by atoms with Gasteiger partial charge in [-0.1, -0.05) is 12.1 Å². The van der Waals surface area contributed by atoms with Crippen molar-refractivity contribution in [3.63, 3.8) is 0 Å². The molecule has 1 aromatic heterocycles. The van der Waals surface area contributed by atoms with E-state index in [1.165, 1.54) is 12.8 Å². The van der Waals surface area contributed by atoms with Crippen molar-refractivity contribution in [2.45, 2.75) is 25.8 Å². The Balaban J connectivity index is 1.70. The van der Waals surface area contributed by atoms with E-state index in [0.717, 1.165) is 23.7 Å². The molecule has 0 aliphatic heterocycles. The summed E-state index contributed by atoms with van der Waals surface area (Å²) in [4.78, 5) is 12.0. The number of aromatic nitrogens is 2. The fourth-order valence-corrected chi connectivity index (χ4v) is 2.92. The molecule has 8 heteroatoms. The predicted molar refractivity (Wildman–Crippen MR) is 88.6 cm³/mol. The fraction of sp³-hybridized carbons (Fsp3) is 0.467. The summed E-state index contributed by atoms with van der Waals surface area (Å²) in [5.41, 5.74) is 1.00. The molecule has 1 fully saturated rings. The van der Waals surface area contributed by atoms with Crippen LogP contribution in [0.5, 0.6) is 0 Å². The van der Waals surface area contributed by atoms with Gasteiger partial charge in [-0.25, -0.2) is 13.1 Å². The van der Waals surface area contributed by atoms with Crippen LogP contribution >= 0.6 is 0 Å². The topological polar surface area (TPSA) is 93.1 Å². The van der Waals surface area contributed by atoms with Crippen molar-refractivity contribution in [1.29, 1.82) is 0 Å². The molecule has 1 aromatic carbocycles. The molecule has 1 heterocycles. The lowest BCUT2D eigenvalue weighted by molar-refractivity contribution is -0.116. The molecule has 1 amide bonds. The maximum Gasteiger partial charge on any atom is 0.226 e. The van der Waals surface area contributed by atoms with Crippen molar-refractivity contribution in [3.8, 4) is 0 Å². The minimum absolute atomic E-state index is 0.0664. The van der Waals surface area contributed by atoms with E-state index in [9.17, 15) is 13.2 Å². The Morgan fingerprint density at radius 2 is 2.09 bits per heavy atom. The van der Waals surface area contributed by atoms with Crippen LogP contribution in [0.15, 0.2) is 24.3 Å². The van der Waals surface area contributed by atoms with Crippen molar-refractivity contribution in [2.24, 2.45) is 5.92 Å². The summed E-state index contributed by atoms with van der Waals surface area (Å²) in [7, 11) is -3.28. The predicted octanol–water partition coefficient (Wildman–Crippen LogP) is 1.32. The van der Waals surface area contributed by atoms with Gasteiger partial charge in [0.15, 0.2) is 5.82 Å². The summed E-state index contributed by atoms with van der Waals surface area (Å²) in [5.74, 6) is 0.953. The Labute approximate surface area is 135 Å². The third-order valence-corrected chi connectivity index (χ3v) is 4.49. The zero-order valence-electron chi connectivity index (χ0n) is 12.9. The average Bonchev–Trinajstić information content (AvgIpc) is 3.22. The number of para-hydroxylation sites is 1. The number of rotatable bonds is 7. The van der Waals surface area contributed by atoms with Crippen LogP contribution in [0.25, 0.3) is 10.9 Å². The van der Waals surface area contributed by atoms with Crippen LogP contribution < -0.4 is 10.0 Å². The summed E-state index contributed by atoms with van der Waals surface area (Å²) in [6, 6.07) is 7.78. The lowest BCUT2D eigenvalue weighted by Crippen LogP contribution is -2.26. The normalized spacial score (nSPS) is 15.0. The van der Waals surface area contributed by atoms with Gasteiger partial charge in [0.25, 0.3) is 0 Å². The monoisotopic (exact) mass is 336 g/mol. The van der Waals surface area contributed by atoms with Gasteiger partial charge in [0.1, 0.15) is 0 Å². The Morgan fingerprint density at radius 3 is 2.78 bits per heavy atom. The standard InChI is InChI=1S/C15H20N4O3S/c1-23(21,22)16-9-8-14(20)17-15-12-4-2-3-5-13(12)19(18-15)10-11-6-7-11/h2-5,11,16H,6-10H2,1H3,(H,17,18,20). The fourth-order valence-electron chi connectivity index (χ4n) is 2.45. The molecule has 1 aliphatic rings. The first-order chi connectivity index (χ1) is 10.9. The molecule has 0 spiro atoms. The molecule has 0 unspecified atom stereocenters. The number of benzene rings is 1. The molecule has 124 valence electrons. The van der Waals surface area contributed by atoms with Gasteiger partial charge in [-0.3, -0.25) is 9.48 Å². The number of anilines is 1. The van der Waals surface area contributed by atoms with Gasteiger partial charge in [-0.15, -0.1) is 0 Å². The summed E-state index contributed by atoms with van der Waals surface area (Å²) in [6.45, 7) is 0.942. The number of carbonyl (C=O) groups excluding carboxylic acids is 1. The van der Waals surface area contributed by atoms with E-state index in [1.807, 2.05) is 28.9 Å². The first-order valence-corrected chi connectivity index (χ1v) is 9.51. The van der Waals surface area contributed by atoms with E-state index in [-0.39, 0.29) is 18.9 Å². The van der Waals surface area contributed by atoms with Crippen LogP contribution in [0.3, 0.4) is 0 Å². The molecule has 0 saturated heterocycles. The van der Waals surface area contributed by atoms with Gasteiger partial charge < -0.3 is 5.32 Å². The molecule has 2 aromatic rings. The van der Waals surface area contributed by atoms with E-state index >= 15 is 0 Å². The summed E-state index contributed by atoms with van der Waals surface area (Å²) < 4.78 is 26.2. The Kier molecular flexibility index (Phi) is 4.36. The molecule has 1 saturated carbocycles.